The van der Waals surface area contributed by atoms with Gasteiger partial charge >= 0.3 is 0 Å². The third-order valence-corrected chi connectivity index (χ3v) is 6.49. The molecule has 7 heteroatoms. The van der Waals surface area contributed by atoms with Gasteiger partial charge in [-0.25, -0.2) is 9.38 Å². The number of hydrogen-bond donors (Lipinski definition) is 0. The number of benzene rings is 2. The number of hydrogen-bond acceptors (Lipinski definition) is 4. The van der Waals surface area contributed by atoms with E-state index in [4.69, 9.17) is 16.3 Å². The van der Waals surface area contributed by atoms with E-state index < -0.39 is 0 Å². The minimum Gasteiger partial charge on any atom is -0.495 e. The van der Waals surface area contributed by atoms with Crippen LogP contribution in [0, 0.1) is 13.8 Å². The summed E-state index contributed by atoms with van der Waals surface area (Å²) in [5.74, 6) is 0.735. The fourth-order valence-electron chi connectivity index (χ4n) is 3.90. The fraction of sp³-hybridized carbons (Fsp3) is 0.130. The highest BCUT2D eigenvalue weighted by Gasteiger charge is 2.15. The van der Waals surface area contributed by atoms with Crippen LogP contribution in [0.5, 0.6) is 5.75 Å². The summed E-state index contributed by atoms with van der Waals surface area (Å²) < 4.78 is 9.96. The molecule has 0 spiro atoms. The molecule has 0 N–H and O–H groups in total. The minimum atomic E-state index is -0.0474. The predicted octanol–water partition coefficient (Wildman–Crippen LogP) is 4.53. The maximum atomic E-state index is 13.1. The molecule has 3 heterocycles. The van der Waals surface area contributed by atoms with Gasteiger partial charge in [-0.2, -0.15) is 0 Å². The number of ether oxygens (including phenoxy) is 1. The molecule has 0 aliphatic heterocycles. The van der Waals surface area contributed by atoms with Crippen molar-refractivity contribution in [2.24, 2.45) is 0 Å². The van der Waals surface area contributed by atoms with Crippen molar-refractivity contribution in [2.45, 2.75) is 13.8 Å². The average molecular weight is 436 g/mol. The zero-order valence-corrected chi connectivity index (χ0v) is 18.2. The second-order valence-electron chi connectivity index (χ2n) is 7.11. The summed E-state index contributed by atoms with van der Waals surface area (Å²) in [6.07, 6.45) is 1.94. The molecular weight excluding hydrogens is 418 g/mol. The molecule has 0 saturated carbocycles. The first kappa shape index (κ1) is 18.9. The van der Waals surface area contributed by atoms with Gasteiger partial charge < -0.3 is 9.30 Å². The van der Waals surface area contributed by atoms with E-state index in [0.29, 0.717) is 14.5 Å². The van der Waals surface area contributed by atoms with Crippen LogP contribution in [0.25, 0.3) is 27.8 Å². The monoisotopic (exact) mass is 435 g/mol. The van der Waals surface area contributed by atoms with Crippen LogP contribution < -0.4 is 14.8 Å². The Morgan fingerprint density at radius 1 is 1.13 bits per heavy atom. The van der Waals surface area contributed by atoms with Crippen molar-refractivity contribution in [3.8, 4) is 11.4 Å². The zero-order valence-electron chi connectivity index (χ0n) is 16.6. The molecule has 150 valence electrons. The van der Waals surface area contributed by atoms with Gasteiger partial charge in [-0.15, -0.1) is 0 Å². The Balaban J connectivity index is 1.71. The highest BCUT2D eigenvalue weighted by molar-refractivity contribution is 7.15. The van der Waals surface area contributed by atoms with Crippen molar-refractivity contribution in [2.75, 3.05) is 7.11 Å². The number of para-hydroxylation sites is 2. The Bertz CT molecular complexity index is 1540. The van der Waals surface area contributed by atoms with Crippen molar-refractivity contribution < 1.29 is 4.74 Å². The van der Waals surface area contributed by atoms with E-state index in [1.54, 1.807) is 17.6 Å². The first-order chi connectivity index (χ1) is 14.5. The van der Waals surface area contributed by atoms with Crippen molar-refractivity contribution in [3.05, 3.63) is 85.4 Å². The molecule has 0 saturated heterocycles. The number of methoxy groups -OCH3 is 1. The average Bonchev–Trinajstić information content (AvgIpc) is 3.33. The van der Waals surface area contributed by atoms with Crippen molar-refractivity contribution in [1.29, 1.82) is 0 Å². The van der Waals surface area contributed by atoms with E-state index in [9.17, 15) is 4.79 Å². The lowest BCUT2D eigenvalue weighted by atomic mass is 10.2. The summed E-state index contributed by atoms with van der Waals surface area (Å²) in [6.45, 7) is 4.05. The molecule has 3 aromatic heterocycles. The van der Waals surface area contributed by atoms with Gasteiger partial charge in [0.2, 0.25) is 0 Å². The van der Waals surface area contributed by atoms with Crippen LogP contribution in [0.1, 0.15) is 17.0 Å². The molecule has 0 amide bonds. The van der Waals surface area contributed by atoms with E-state index in [2.05, 4.69) is 15.6 Å². The summed E-state index contributed by atoms with van der Waals surface area (Å²) in [5.41, 5.74) is 5.49. The molecule has 0 radical (unpaired) electrons. The van der Waals surface area contributed by atoms with Crippen molar-refractivity contribution in [3.63, 3.8) is 0 Å². The van der Waals surface area contributed by atoms with Crippen molar-refractivity contribution >= 4 is 45.0 Å². The highest BCUT2D eigenvalue weighted by Crippen LogP contribution is 2.31. The van der Waals surface area contributed by atoms with Crippen LogP contribution in [0.2, 0.25) is 5.02 Å². The minimum absolute atomic E-state index is 0.0474. The number of aromatic nitrogens is 3. The van der Waals surface area contributed by atoms with Gasteiger partial charge in [0.05, 0.1) is 28.4 Å². The molecule has 5 aromatic rings. The predicted molar refractivity (Wildman–Crippen MR) is 122 cm³/mol. The molecule has 30 heavy (non-hydrogen) atoms. The van der Waals surface area contributed by atoms with Gasteiger partial charge in [0.1, 0.15) is 5.75 Å². The number of fused-ring (bicyclic) bond motifs is 3. The summed E-state index contributed by atoms with van der Waals surface area (Å²) in [5, 5.41) is 0.636. The Labute approximate surface area is 181 Å². The van der Waals surface area contributed by atoms with Crippen LogP contribution in [0.4, 0.5) is 0 Å². The quantitative estimate of drug-likeness (QED) is 0.418. The second kappa shape index (κ2) is 7.00. The number of aryl methyl sites for hydroxylation is 1. The number of rotatable bonds is 3. The molecule has 0 atom stereocenters. The highest BCUT2D eigenvalue weighted by atomic mass is 35.5. The van der Waals surface area contributed by atoms with Gasteiger partial charge in [0, 0.05) is 16.4 Å². The number of nitrogens with zero attached hydrogens (tertiary/aromatic N) is 3. The van der Waals surface area contributed by atoms with E-state index in [1.807, 2.05) is 56.3 Å². The van der Waals surface area contributed by atoms with Gasteiger partial charge in [0.15, 0.2) is 4.96 Å². The fourth-order valence-corrected chi connectivity index (χ4v) is 5.04. The smallest absolute Gasteiger partial charge is 0.274 e. The Kier molecular flexibility index (Phi) is 4.41. The largest absolute Gasteiger partial charge is 0.495 e. The Morgan fingerprint density at radius 3 is 2.73 bits per heavy atom. The number of thiazole rings is 1. The lowest BCUT2D eigenvalue weighted by molar-refractivity contribution is 0.412. The maximum Gasteiger partial charge on any atom is 0.274 e. The van der Waals surface area contributed by atoms with E-state index >= 15 is 0 Å². The first-order valence-electron chi connectivity index (χ1n) is 9.42. The SMILES string of the molecule is COc1ccc(Cl)cc1-n1c(C)cc(C=c2sc3nc4ccccc4n3c2=O)c1C. The number of imidazole rings is 1. The third-order valence-electron chi connectivity index (χ3n) is 5.28. The van der Waals surface area contributed by atoms with Gasteiger partial charge in [-0.1, -0.05) is 35.1 Å². The molecular formula is C23H18ClN3O2S. The van der Waals surface area contributed by atoms with Crippen LogP contribution in [0.3, 0.4) is 0 Å². The molecule has 0 fully saturated rings. The number of halogens is 1. The molecule has 0 aliphatic carbocycles. The molecule has 2 aromatic carbocycles. The van der Waals surface area contributed by atoms with Crippen LogP contribution in [-0.4, -0.2) is 21.1 Å². The summed E-state index contributed by atoms with van der Waals surface area (Å²) in [7, 11) is 1.64. The lowest BCUT2D eigenvalue weighted by Crippen LogP contribution is -2.22. The summed E-state index contributed by atoms with van der Waals surface area (Å²) in [4.78, 5) is 18.4. The summed E-state index contributed by atoms with van der Waals surface area (Å²) >= 11 is 7.64. The Hall–Kier alpha value is -3.09. The molecule has 5 nitrogen and oxygen atoms in total. The second-order valence-corrected chi connectivity index (χ2v) is 8.56. The molecule has 5 rings (SSSR count). The van der Waals surface area contributed by atoms with Gasteiger partial charge in [-0.3, -0.25) is 4.79 Å². The summed E-state index contributed by atoms with van der Waals surface area (Å²) in [6, 6.07) is 15.3. The zero-order chi connectivity index (χ0) is 21.0. The van der Waals surface area contributed by atoms with Crippen LogP contribution >= 0.6 is 22.9 Å². The van der Waals surface area contributed by atoms with Gasteiger partial charge in [-0.05, 0) is 61.9 Å². The first-order valence-corrected chi connectivity index (χ1v) is 10.6. The topological polar surface area (TPSA) is 48.5 Å². The van der Waals surface area contributed by atoms with E-state index in [-0.39, 0.29) is 5.56 Å². The maximum absolute atomic E-state index is 13.1. The van der Waals surface area contributed by atoms with Gasteiger partial charge in [0.25, 0.3) is 5.56 Å². The normalized spacial score (nSPS) is 12.3. The molecule has 0 aliphatic rings. The van der Waals surface area contributed by atoms with E-state index in [0.717, 1.165) is 39.4 Å². The Morgan fingerprint density at radius 2 is 1.93 bits per heavy atom. The third kappa shape index (κ3) is 2.83. The van der Waals surface area contributed by atoms with Crippen molar-refractivity contribution in [1.82, 2.24) is 14.0 Å². The van der Waals surface area contributed by atoms with Crippen LogP contribution in [0.15, 0.2) is 53.3 Å². The molecule has 0 bridgehead atoms. The standard InChI is InChI=1S/C23H18ClN3O2S/c1-13-10-15(14(2)26(13)19-12-16(24)8-9-20(19)29-3)11-21-22(28)27-18-7-5-4-6-17(18)25-23(27)30-21/h4-12H,1-3H3. The molecule has 0 unspecified atom stereocenters. The lowest BCUT2D eigenvalue weighted by Gasteiger charge is -2.14. The van der Waals surface area contributed by atoms with E-state index in [1.165, 1.54) is 11.3 Å². The van der Waals surface area contributed by atoms with Crippen LogP contribution in [-0.2, 0) is 0 Å².